The maximum absolute atomic E-state index is 11.6. The van der Waals surface area contributed by atoms with Crippen molar-refractivity contribution >= 4 is 10.0 Å². The van der Waals surface area contributed by atoms with Crippen LogP contribution in [0.1, 0.15) is 0 Å². The molecule has 0 aliphatic heterocycles. The van der Waals surface area contributed by atoms with Crippen LogP contribution in [-0.4, -0.2) is 23.5 Å². The van der Waals surface area contributed by atoms with Crippen molar-refractivity contribution in [3.63, 3.8) is 0 Å². The van der Waals surface area contributed by atoms with Gasteiger partial charge in [-0.1, -0.05) is 10.0 Å². The summed E-state index contributed by atoms with van der Waals surface area (Å²) in [5.41, 5.74) is -10.3. The summed E-state index contributed by atoms with van der Waals surface area (Å²) in [6, 6.07) is 0. The van der Waals surface area contributed by atoms with Crippen molar-refractivity contribution in [3.05, 3.63) is 0 Å². The van der Waals surface area contributed by atoms with Gasteiger partial charge in [0.1, 0.15) is 0 Å². The second-order valence-corrected chi connectivity index (χ2v) is 5.80. The van der Waals surface area contributed by atoms with Gasteiger partial charge in [-0.05, 0) is 12.5 Å². The Labute approximate surface area is 60.9 Å². The lowest BCUT2D eigenvalue weighted by Gasteiger charge is -2.34. The smallest absolute Gasteiger partial charge is 0.161 e. The van der Waals surface area contributed by atoms with E-state index in [1.807, 2.05) is 0 Å². The molecule has 0 rings (SSSR count). The van der Waals surface area contributed by atoms with E-state index in [9.17, 15) is 26.3 Å². The monoisotopic (exact) mass is 200 g/mol. The second-order valence-electron chi connectivity index (χ2n) is 2.22. The first-order valence-corrected chi connectivity index (χ1v) is 4.81. The minimum atomic E-state index is -5.16. The molecule has 0 bridgehead atoms. The Kier molecular flexibility index (Phi) is 2.45. The molecule has 0 aromatic carbocycles. The SMILES string of the molecule is CS(C)(C(F)(F)F)C(F)(F)F. The lowest BCUT2D eigenvalue weighted by Crippen LogP contribution is -2.30. The highest BCUT2D eigenvalue weighted by atomic mass is 32.3. The number of halogens is 6. The van der Waals surface area contributed by atoms with Crippen molar-refractivity contribution in [2.24, 2.45) is 0 Å². The number of rotatable bonds is 0. The van der Waals surface area contributed by atoms with Gasteiger partial charge in [0.25, 0.3) is 0 Å². The first-order chi connectivity index (χ1) is 4.50. The van der Waals surface area contributed by atoms with E-state index in [4.69, 9.17) is 0 Å². The molecule has 0 amide bonds. The Hall–Kier alpha value is -0.0700. The quantitative estimate of drug-likeness (QED) is 0.527. The number of hydrogen-bond donors (Lipinski definition) is 0. The highest BCUT2D eigenvalue weighted by Crippen LogP contribution is 2.66. The average molecular weight is 200 g/mol. The molecule has 0 aromatic rings. The molecule has 11 heavy (non-hydrogen) atoms. The molecule has 0 saturated carbocycles. The summed E-state index contributed by atoms with van der Waals surface area (Å²) < 4.78 is 69.9. The topological polar surface area (TPSA) is 0 Å². The molecule has 7 heteroatoms. The van der Waals surface area contributed by atoms with Crippen LogP contribution in [0.4, 0.5) is 26.3 Å². The molecule has 0 aromatic heterocycles. The van der Waals surface area contributed by atoms with Gasteiger partial charge in [-0.15, -0.1) is 0 Å². The van der Waals surface area contributed by atoms with Gasteiger partial charge in [-0.3, -0.25) is 0 Å². The first-order valence-electron chi connectivity index (χ1n) is 2.36. The van der Waals surface area contributed by atoms with E-state index in [1.165, 1.54) is 0 Å². The predicted molar refractivity (Wildman–Crippen MR) is 31.5 cm³/mol. The largest absolute Gasteiger partial charge is 0.432 e. The summed E-state index contributed by atoms with van der Waals surface area (Å²) in [7, 11) is -4.51. The fourth-order valence-electron chi connectivity index (χ4n) is 0.131. The van der Waals surface area contributed by atoms with Crippen molar-refractivity contribution in [1.82, 2.24) is 0 Å². The summed E-state index contributed by atoms with van der Waals surface area (Å²) in [6.45, 7) is 0. The van der Waals surface area contributed by atoms with Crippen LogP contribution in [0, 0.1) is 0 Å². The van der Waals surface area contributed by atoms with Crippen LogP contribution in [0.5, 0.6) is 0 Å². The standard InChI is InChI=1S/C4H6F6S/c1-11(2,3(5,6)7)4(8,9)10/h1-2H3. The molecular formula is C4H6F6S. The van der Waals surface area contributed by atoms with E-state index in [0.29, 0.717) is 0 Å². The maximum Gasteiger partial charge on any atom is 0.432 e. The molecule has 70 valence electrons. The Balaban J connectivity index is 4.75. The Morgan fingerprint density at radius 2 is 0.909 bits per heavy atom. The molecule has 0 heterocycles. The first kappa shape index (κ1) is 10.9. The van der Waals surface area contributed by atoms with Gasteiger partial charge in [0.05, 0.1) is 0 Å². The van der Waals surface area contributed by atoms with Gasteiger partial charge in [-0.2, -0.15) is 26.3 Å². The molecule has 0 atom stereocenters. The van der Waals surface area contributed by atoms with Crippen LogP contribution in [-0.2, 0) is 0 Å². The summed E-state index contributed by atoms with van der Waals surface area (Å²) in [4.78, 5) is 0. The summed E-state index contributed by atoms with van der Waals surface area (Å²) in [5, 5.41) is 0. The predicted octanol–water partition coefficient (Wildman–Crippen LogP) is 3.09. The minimum absolute atomic E-state index is 0.188. The van der Waals surface area contributed by atoms with E-state index in [2.05, 4.69) is 0 Å². The molecule has 0 N–H and O–H groups in total. The van der Waals surface area contributed by atoms with Crippen molar-refractivity contribution < 1.29 is 26.3 Å². The van der Waals surface area contributed by atoms with Crippen LogP contribution in [0.15, 0.2) is 0 Å². The summed E-state index contributed by atoms with van der Waals surface area (Å²) in [6.07, 6.45) is 0.375. The van der Waals surface area contributed by atoms with Crippen LogP contribution >= 0.6 is 10.0 Å². The minimum Gasteiger partial charge on any atom is -0.161 e. The lowest BCUT2D eigenvalue weighted by atomic mass is 11.5. The van der Waals surface area contributed by atoms with Gasteiger partial charge in [0.15, 0.2) is 0 Å². The van der Waals surface area contributed by atoms with Crippen molar-refractivity contribution in [3.8, 4) is 0 Å². The fourth-order valence-corrected chi connectivity index (χ4v) is 0.394. The van der Waals surface area contributed by atoms with Gasteiger partial charge in [0.2, 0.25) is 0 Å². The van der Waals surface area contributed by atoms with E-state index >= 15 is 0 Å². The third-order valence-corrected chi connectivity index (χ3v) is 3.47. The molecule has 0 aliphatic rings. The summed E-state index contributed by atoms with van der Waals surface area (Å²) in [5.74, 6) is 0. The number of alkyl halides is 6. The van der Waals surface area contributed by atoms with Crippen molar-refractivity contribution in [1.29, 1.82) is 0 Å². The molecule has 0 unspecified atom stereocenters. The number of hydrogen-bond acceptors (Lipinski definition) is 0. The van der Waals surface area contributed by atoms with E-state index in [0.717, 1.165) is 0 Å². The van der Waals surface area contributed by atoms with Gasteiger partial charge < -0.3 is 0 Å². The van der Waals surface area contributed by atoms with Gasteiger partial charge >= 0.3 is 11.0 Å². The molecule has 0 fully saturated rings. The fraction of sp³-hybridized carbons (Fsp3) is 1.00. The normalized spacial score (nSPS) is 16.7. The van der Waals surface area contributed by atoms with Crippen LogP contribution in [0.3, 0.4) is 0 Å². The molecule has 0 nitrogen and oxygen atoms in total. The Morgan fingerprint density at radius 1 is 0.727 bits per heavy atom. The average Bonchev–Trinajstić information content (AvgIpc) is 1.58. The van der Waals surface area contributed by atoms with Gasteiger partial charge in [0, 0.05) is 0 Å². The van der Waals surface area contributed by atoms with E-state index < -0.39 is 21.0 Å². The van der Waals surface area contributed by atoms with E-state index in [-0.39, 0.29) is 12.5 Å². The van der Waals surface area contributed by atoms with Crippen LogP contribution in [0.2, 0.25) is 0 Å². The van der Waals surface area contributed by atoms with Crippen molar-refractivity contribution in [2.75, 3.05) is 12.5 Å². The molecule has 0 radical (unpaired) electrons. The summed E-state index contributed by atoms with van der Waals surface area (Å²) >= 11 is 0. The van der Waals surface area contributed by atoms with Crippen LogP contribution in [0.25, 0.3) is 0 Å². The van der Waals surface area contributed by atoms with Crippen molar-refractivity contribution in [2.45, 2.75) is 11.0 Å². The highest BCUT2D eigenvalue weighted by molar-refractivity contribution is 8.34. The Morgan fingerprint density at radius 3 is 0.909 bits per heavy atom. The molecule has 0 spiro atoms. The molecule has 0 aliphatic carbocycles. The highest BCUT2D eigenvalue weighted by Gasteiger charge is 2.59. The third-order valence-electron chi connectivity index (χ3n) is 1.16. The Bertz CT molecular complexity index is 126. The zero-order valence-corrected chi connectivity index (χ0v) is 6.49. The molecule has 0 saturated heterocycles. The third kappa shape index (κ3) is 1.94. The van der Waals surface area contributed by atoms with Crippen LogP contribution < -0.4 is 0 Å². The van der Waals surface area contributed by atoms with Gasteiger partial charge in [-0.25, -0.2) is 0 Å². The zero-order valence-electron chi connectivity index (χ0n) is 5.68. The zero-order chi connectivity index (χ0) is 9.50. The second kappa shape index (κ2) is 2.46. The maximum atomic E-state index is 11.6. The lowest BCUT2D eigenvalue weighted by molar-refractivity contribution is -0.0781. The molecular weight excluding hydrogens is 194 g/mol. The van der Waals surface area contributed by atoms with E-state index in [1.54, 1.807) is 0 Å².